The first-order valence-corrected chi connectivity index (χ1v) is 8.08. The summed E-state index contributed by atoms with van der Waals surface area (Å²) in [6.07, 6.45) is 4.51. The molecule has 1 saturated heterocycles. The average Bonchev–Trinajstić information content (AvgIpc) is 2.89. The van der Waals surface area contributed by atoms with Gasteiger partial charge in [-0.2, -0.15) is 0 Å². The Kier molecular flexibility index (Phi) is 4.33. The molecule has 3 rings (SSSR count). The topological polar surface area (TPSA) is 45.2 Å². The summed E-state index contributed by atoms with van der Waals surface area (Å²) in [4.78, 5) is 18.6. The zero-order valence-corrected chi connectivity index (χ0v) is 13.7. The Bertz CT molecular complexity index is 655. The molecule has 0 spiro atoms. The Balaban J connectivity index is 1.67. The van der Waals surface area contributed by atoms with Gasteiger partial charge in [0.25, 0.3) is 0 Å². The number of pyridine rings is 1. The van der Waals surface area contributed by atoms with Gasteiger partial charge in [-0.3, -0.25) is 4.98 Å². The van der Waals surface area contributed by atoms with Crippen LogP contribution in [-0.4, -0.2) is 28.0 Å². The Morgan fingerprint density at radius 3 is 2.74 bits per heavy atom. The zero-order valence-electron chi connectivity index (χ0n) is 13.7. The molecular formula is C19H23N3O. The van der Waals surface area contributed by atoms with Crippen LogP contribution >= 0.6 is 0 Å². The number of amides is 2. The third kappa shape index (κ3) is 3.21. The zero-order chi connectivity index (χ0) is 16.3. The molecule has 2 aromatic rings. The highest BCUT2D eigenvalue weighted by atomic mass is 16.2. The van der Waals surface area contributed by atoms with E-state index in [4.69, 9.17) is 0 Å². The molecule has 2 amide bonds. The van der Waals surface area contributed by atoms with Crippen molar-refractivity contribution in [3.8, 4) is 0 Å². The van der Waals surface area contributed by atoms with E-state index in [0.717, 1.165) is 18.5 Å². The van der Waals surface area contributed by atoms with Crippen molar-refractivity contribution in [3.05, 3.63) is 66.0 Å². The lowest BCUT2D eigenvalue weighted by atomic mass is 9.83. The van der Waals surface area contributed by atoms with Crippen LogP contribution in [0.15, 0.2) is 54.9 Å². The second kappa shape index (κ2) is 6.41. The average molecular weight is 309 g/mol. The van der Waals surface area contributed by atoms with Gasteiger partial charge in [-0.25, -0.2) is 4.79 Å². The van der Waals surface area contributed by atoms with Crippen LogP contribution in [0.2, 0.25) is 0 Å². The van der Waals surface area contributed by atoms with Crippen LogP contribution in [0.25, 0.3) is 0 Å². The number of likely N-dealkylation sites (tertiary alicyclic amines) is 1. The van der Waals surface area contributed by atoms with Gasteiger partial charge >= 0.3 is 6.03 Å². The van der Waals surface area contributed by atoms with Crippen molar-refractivity contribution in [2.45, 2.75) is 38.3 Å². The predicted octanol–water partition coefficient (Wildman–Crippen LogP) is 3.56. The van der Waals surface area contributed by atoms with Crippen molar-refractivity contribution in [1.82, 2.24) is 15.2 Å². The van der Waals surface area contributed by atoms with E-state index in [0.29, 0.717) is 12.5 Å². The SMILES string of the molecule is CC1(C)C(c2ccccc2)CCN1C(=O)NCc1cccnc1. The van der Waals surface area contributed by atoms with Crippen molar-refractivity contribution in [2.24, 2.45) is 0 Å². The van der Waals surface area contributed by atoms with E-state index in [2.05, 4.69) is 48.4 Å². The Morgan fingerprint density at radius 2 is 2.04 bits per heavy atom. The minimum absolute atomic E-state index is 0.00251. The fourth-order valence-electron chi connectivity index (χ4n) is 3.49. The Labute approximate surface area is 137 Å². The highest BCUT2D eigenvalue weighted by Gasteiger charge is 2.44. The molecule has 4 heteroatoms. The minimum atomic E-state index is -0.194. The van der Waals surface area contributed by atoms with E-state index in [1.54, 1.807) is 12.4 Å². The van der Waals surface area contributed by atoms with Crippen molar-refractivity contribution in [3.63, 3.8) is 0 Å². The number of hydrogen-bond donors (Lipinski definition) is 1. The van der Waals surface area contributed by atoms with Crippen LogP contribution in [0.1, 0.15) is 37.3 Å². The lowest BCUT2D eigenvalue weighted by Gasteiger charge is -2.36. The number of hydrogen-bond acceptors (Lipinski definition) is 2. The van der Waals surface area contributed by atoms with Gasteiger partial charge in [0.05, 0.1) is 0 Å². The van der Waals surface area contributed by atoms with Crippen LogP contribution in [0.5, 0.6) is 0 Å². The second-order valence-electron chi connectivity index (χ2n) is 6.58. The van der Waals surface area contributed by atoms with Crippen LogP contribution in [-0.2, 0) is 6.54 Å². The first-order valence-electron chi connectivity index (χ1n) is 8.08. The molecule has 4 nitrogen and oxygen atoms in total. The predicted molar refractivity (Wildman–Crippen MR) is 91.1 cm³/mol. The van der Waals surface area contributed by atoms with Gasteiger partial charge in [0.2, 0.25) is 0 Å². The summed E-state index contributed by atoms with van der Waals surface area (Å²) in [5.41, 5.74) is 2.12. The highest BCUT2D eigenvalue weighted by Crippen LogP contribution is 2.41. The molecular weight excluding hydrogens is 286 g/mol. The van der Waals surface area contributed by atoms with E-state index in [-0.39, 0.29) is 11.6 Å². The molecule has 120 valence electrons. The number of nitrogens with one attached hydrogen (secondary N) is 1. The summed E-state index contributed by atoms with van der Waals surface area (Å²) in [6.45, 7) is 5.60. The van der Waals surface area contributed by atoms with Gasteiger partial charge in [0, 0.05) is 36.9 Å². The first-order chi connectivity index (χ1) is 11.1. The fourth-order valence-corrected chi connectivity index (χ4v) is 3.49. The van der Waals surface area contributed by atoms with Crippen molar-refractivity contribution >= 4 is 6.03 Å². The van der Waals surface area contributed by atoms with Crippen LogP contribution in [0, 0.1) is 0 Å². The molecule has 0 bridgehead atoms. The molecule has 1 aliphatic heterocycles. The molecule has 0 aliphatic carbocycles. The maximum absolute atomic E-state index is 12.6. The summed E-state index contributed by atoms with van der Waals surface area (Å²) in [6, 6.07) is 14.3. The largest absolute Gasteiger partial charge is 0.334 e. The lowest BCUT2D eigenvalue weighted by Crippen LogP contribution is -2.49. The number of nitrogens with zero attached hydrogens (tertiary/aromatic N) is 2. The lowest BCUT2D eigenvalue weighted by molar-refractivity contribution is 0.158. The maximum Gasteiger partial charge on any atom is 0.318 e. The molecule has 1 aromatic carbocycles. The molecule has 1 fully saturated rings. The number of benzene rings is 1. The Morgan fingerprint density at radius 1 is 1.26 bits per heavy atom. The summed E-state index contributed by atoms with van der Waals surface area (Å²) < 4.78 is 0. The fraction of sp³-hybridized carbons (Fsp3) is 0.368. The number of carbonyl (C=O) groups excluding carboxylic acids is 1. The molecule has 0 radical (unpaired) electrons. The van der Waals surface area contributed by atoms with Gasteiger partial charge in [-0.1, -0.05) is 36.4 Å². The normalized spacial score (nSPS) is 19.6. The summed E-state index contributed by atoms with van der Waals surface area (Å²) >= 11 is 0. The smallest absolute Gasteiger partial charge is 0.318 e. The first kappa shape index (κ1) is 15.5. The second-order valence-corrected chi connectivity index (χ2v) is 6.58. The van der Waals surface area contributed by atoms with Gasteiger partial charge in [-0.15, -0.1) is 0 Å². The summed E-state index contributed by atoms with van der Waals surface area (Å²) in [5, 5.41) is 3.02. The molecule has 1 aliphatic rings. The number of aromatic nitrogens is 1. The molecule has 23 heavy (non-hydrogen) atoms. The van der Waals surface area contributed by atoms with Crippen LogP contribution in [0.4, 0.5) is 4.79 Å². The monoisotopic (exact) mass is 309 g/mol. The summed E-state index contributed by atoms with van der Waals surface area (Å²) in [7, 11) is 0. The van der Waals surface area contributed by atoms with E-state index in [9.17, 15) is 4.79 Å². The molecule has 1 N–H and O–H groups in total. The van der Waals surface area contributed by atoms with Gasteiger partial charge in [0.1, 0.15) is 0 Å². The van der Waals surface area contributed by atoms with E-state index >= 15 is 0 Å². The van der Waals surface area contributed by atoms with Crippen LogP contribution < -0.4 is 5.32 Å². The van der Waals surface area contributed by atoms with Crippen molar-refractivity contribution in [2.75, 3.05) is 6.54 Å². The summed E-state index contributed by atoms with van der Waals surface area (Å²) in [5.74, 6) is 0.368. The maximum atomic E-state index is 12.6. The minimum Gasteiger partial charge on any atom is -0.334 e. The van der Waals surface area contributed by atoms with Gasteiger partial charge in [0.15, 0.2) is 0 Å². The van der Waals surface area contributed by atoms with Crippen LogP contribution in [0.3, 0.4) is 0 Å². The molecule has 1 atom stereocenters. The third-order valence-corrected chi connectivity index (χ3v) is 4.80. The number of carbonyl (C=O) groups is 1. The van der Waals surface area contributed by atoms with Gasteiger partial charge in [-0.05, 0) is 37.5 Å². The third-order valence-electron chi connectivity index (χ3n) is 4.80. The molecule has 1 unspecified atom stereocenters. The number of urea groups is 1. The standard InChI is InChI=1S/C19H23N3O/c1-19(2)17(16-8-4-3-5-9-16)10-12-22(19)18(23)21-14-15-7-6-11-20-13-15/h3-9,11,13,17H,10,12,14H2,1-2H3,(H,21,23). The highest BCUT2D eigenvalue weighted by molar-refractivity contribution is 5.75. The van der Waals surface area contributed by atoms with Crippen molar-refractivity contribution in [1.29, 1.82) is 0 Å². The molecule has 0 saturated carbocycles. The number of rotatable bonds is 3. The Hall–Kier alpha value is -2.36. The quantitative estimate of drug-likeness (QED) is 0.942. The van der Waals surface area contributed by atoms with E-state index in [1.807, 2.05) is 23.1 Å². The van der Waals surface area contributed by atoms with E-state index in [1.165, 1.54) is 5.56 Å². The van der Waals surface area contributed by atoms with Crippen molar-refractivity contribution < 1.29 is 4.79 Å². The van der Waals surface area contributed by atoms with E-state index < -0.39 is 0 Å². The van der Waals surface area contributed by atoms with Gasteiger partial charge < -0.3 is 10.2 Å². The molecule has 2 heterocycles. The molecule has 1 aromatic heterocycles.